The average Bonchev–Trinajstić information content (AvgIpc) is 3.32. The third kappa shape index (κ3) is 5.11. The molecule has 2 heterocycles. The fourth-order valence-corrected chi connectivity index (χ4v) is 5.39. The van der Waals surface area contributed by atoms with Crippen molar-refractivity contribution in [3.05, 3.63) is 90.5 Å². The summed E-state index contributed by atoms with van der Waals surface area (Å²) in [4.78, 5) is 29.9. The molecule has 5 rings (SSSR count). The van der Waals surface area contributed by atoms with Crippen molar-refractivity contribution in [2.45, 2.75) is 13.0 Å². The summed E-state index contributed by atoms with van der Waals surface area (Å²) in [7, 11) is 1.30. The van der Waals surface area contributed by atoms with Gasteiger partial charge in [-0.1, -0.05) is 23.7 Å². The highest BCUT2D eigenvalue weighted by Gasteiger charge is 2.19. The van der Waals surface area contributed by atoms with Crippen molar-refractivity contribution in [2.24, 2.45) is 5.10 Å². The molecule has 3 aromatic carbocycles. The van der Waals surface area contributed by atoms with Gasteiger partial charge in [0.1, 0.15) is 11.3 Å². The molecule has 1 atom stereocenters. The Balaban J connectivity index is 1.59. The first-order valence-electron chi connectivity index (χ1n) is 11.2. The number of methoxy groups -OCH3 is 1. The molecule has 0 fully saturated rings. The van der Waals surface area contributed by atoms with Crippen molar-refractivity contribution in [1.82, 2.24) is 9.66 Å². The largest absolute Gasteiger partial charge is 0.477 e. The minimum atomic E-state index is -0.810. The lowest BCUT2D eigenvalue weighted by Crippen LogP contribution is -2.25. The molecule has 2 aromatic heterocycles. The number of esters is 1. The van der Waals surface area contributed by atoms with Crippen LogP contribution in [0.25, 0.3) is 33.5 Å². The zero-order chi connectivity index (χ0) is 27.0. The first-order valence-corrected chi connectivity index (χ1v) is 13.2. The van der Waals surface area contributed by atoms with Gasteiger partial charge in [-0.05, 0) is 92.9 Å². The van der Waals surface area contributed by atoms with E-state index in [2.05, 4.69) is 41.9 Å². The second-order valence-corrected chi connectivity index (χ2v) is 10.3. The third-order valence-electron chi connectivity index (χ3n) is 5.62. The van der Waals surface area contributed by atoms with Crippen molar-refractivity contribution < 1.29 is 18.7 Å². The number of benzene rings is 3. The van der Waals surface area contributed by atoms with E-state index < -0.39 is 12.1 Å². The van der Waals surface area contributed by atoms with Crippen molar-refractivity contribution in [3.8, 4) is 17.3 Å². The van der Waals surface area contributed by atoms with Crippen LogP contribution in [0.15, 0.2) is 83.9 Å². The van der Waals surface area contributed by atoms with E-state index in [4.69, 9.17) is 25.5 Å². The van der Waals surface area contributed by atoms with Crippen LogP contribution in [0.3, 0.4) is 0 Å². The number of halogens is 3. The van der Waals surface area contributed by atoms with Gasteiger partial charge in [-0.2, -0.15) is 9.78 Å². The number of hydrogen-bond acceptors (Lipinski definition) is 7. The van der Waals surface area contributed by atoms with Gasteiger partial charge < -0.3 is 13.9 Å². The molecule has 0 N–H and O–H groups in total. The summed E-state index contributed by atoms with van der Waals surface area (Å²) in [5.41, 5.74) is 1.41. The van der Waals surface area contributed by atoms with Crippen molar-refractivity contribution in [2.75, 3.05) is 7.11 Å². The maximum absolute atomic E-state index is 13.5. The van der Waals surface area contributed by atoms with E-state index in [-0.39, 0.29) is 11.4 Å². The number of rotatable bonds is 6. The Hall–Kier alpha value is -3.47. The summed E-state index contributed by atoms with van der Waals surface area (Å²) in [6, 6.07) is 17.6. The molecule has 0 aliphatic rings. The first kappa shape index (κ1) is 26.1. The predicted molar refractivity (Wildman–Crippen MR) is 153 cm³/mol. The SMILES string of the molecule is COC(=O)[C@H](C)Oc1c(Br)cc(C=Nn2c(-c3cc4cc(Cl)ccc4o3)nc3ccccc3c2=O)cc1Br. The molecule has 5 aromatic rings. The van der Waals surface area contributed by atoms with E-state index in [1.807, 2.05) is 6.07 Å². The lowest BCUT2D eigenvalue weighted by molar-refractivity contribution is -0.147. The molecular weight excluding hydrogens is 642 g/mol. The van der Waals surface area contributed by atoms with Gasteiger partial charge in [-0.3, -0.25) is 4.79 Å². The topological polar surface area (TPSA) is 95.9 Å². The minimum Gasteiger partial charge on any atom is -0.477 e. The second kappa shape index (κ2) is 10.7. The molecule has 8 nitrogen and oxygen atoms in total. The molecule has 0 saturated heterocycles. The van der Waals surface area contributed by atoms with Gasteiger partial charge in [0.05, 0.1) is 33.2 Å². The molecule has 0 amide bonds. The maximum Gasteiger partial charge on any atom is 0.346 e. The number of furan rings is 1. The van der Waals surface area contributed by atoms with Crippen LogP contribution in [0.5, 0.6) is 5.75 Å². The Morgan fingerprint density at radius 3 is 2.61 bits per heavy atom. The monoisotopic (exact) mass is 657 g/mol. The standard InChI is InChI=1S/C27H18Br2ClN3O5/c1-14(27(35)36-2)37-24-19(28)9-15(10-20(24)29)13-31-33-25(32-21-6-4-3-5-18(21)26(33)34)23-12-16-11-17(30)7-8-22(16)38-23/h3-14H,1-2H3/t14-/m0/s1. The van der Waals surface area contributed by atoms with E-state index in [1.54, 1.807) is 61.5 Å². The van der Waals surface area contributed by atoms with E-state index in [0.29, 0.717) is 47.5 Å². The molecule has 0 aliphatic heterocycles. The van der Waals surface area contributed by atoms with Crippen LogP contribution >= 0.6 is 43.5 Å². The zero-order valence-corrected chi connectivity index (χ0v) is 23.9. The van der Waals surface area contributed by atoms with Gasteiger partial charge in [-0.15, -0.1) is 0 Å². The number of carbonyl (C=O) groups excluding carboxylic acids is 1. The third-order valence-corrected chi connectivity index (χ3v) is 7.04. The summed E-state index contributed by atoms with van der Waals surface area (Å²) in [5, 5.41) is 6.23. The normalized spacial score (nSPS) is 12.3. The van der Waals surface area contributed by atoms with Gasteiger partial charge in [0, 0.05) is 10.4 Å². The van der Waals surface area contributed by atoms with Gasteiger partial charge in [0.25, 0.3) is 5.56 Å². The highest BCUT2D eigenvalue weighted by atomic mass is 79.9. The Kier molecular flexibility index (Phi) is 7.38. The van der Waals surface area contributed by atoms with E-state index in [1.165, 1.54) is 18.0 Å². The fourth-order valence-electron chi connectivity index (χ4n) is 3.80. The van der Waals surface area contributed by atoms with Crippen LogP contribution in [0.2, 0.25) is 5.02 Å². The Labute approximate surface area is 238 Å². The van der Waals surface area contributed by atoms with Gasteiger partial charge in [0.15, 0.2) is 11.9 Å². The lowest BCUT2D eigenvalue weighted by Gasteiger charge is -2.15. The van der Waals surface area contributed by atoms with Crippen LogP contribution in [-0.4, -0.2) is 35.1 Å². The molecule has 11 heteroatoms. The summed E-state index contributed by atoms with van der Waals surface area (Å²) in [6.07, 6.45) is 0.708. The summed E-state index contributed by atoms with van der Waals surface area (Å²) in [5.74, 6) is 0.525. The molecule has 0 spiro atoms. The molecule has 0 aliphatic carbocycles. The molecule has 0 radical (unpaired) electrons. The van der Waals surface area contributed by atoms with Crippen molar-refractivity contribution >= 4 is 77.5 Å². The Bertz CT molecular complexity index is 1770. The molecular formula is C27H18Br2ClN3O5. The van der Waals surface area contributed by atoms with Gasteiger partial charge in [-0.25, -0.2) is 9.78 Å². The number of ether oxygens (including phenoxy) is 2. The second-order valence-electron chi connectivity index (χ2n) is 8.20. The van der Waals surface area contributed by atoms with E-state index in [9.17, 15) is 9.59 Å². The van der Waals surface area contributed by atoms with Crippen LogP contribution in [0.4, 0.5) is 0 Å². The summed E-state index contributed by atoms with van der Waals surface area (Å²) < 4.78 is 18.8. The highest BCUT2D eigenvalue weighted by Crippen LogP contribution is 2.35. The molecule has 0 unspecified atom stereocenters. The maximum atomic E-state index is 13.5. The minimum absolute atomic E-state index is 0.238. The van der Waals surface area contributed by atoms with Crippen LogP contribution in [0.1, 0.15) is 12.5 Å². The van der Waals surface area contributed by atoms with Gasteiger partial charge >= 0.3 is 5.97 Å². The van der Waals surface area contributed by atoms with E-state index >= 15 is 0 Å². The van der Waals surface area contributed by atoms with Gasteiger partial charge in [0.2, 0.25) is 5.82 Å². The van der Waals surface area contributed by atoms with Crippen LogP contribution < -0.4 is 10.3 Å². The number of aromatic nitrogens is 2. The summed E-state index contributed by atoms with van der Waals surface area (Å²) >= 11 is 13.1. The van der Waals surface area contributed by atoms with Crippen molar-refractivity contribution in [3.63, 3.8) is 0 Å². The average molecular weight is 660 g/mol. The molecule has 192 valence electrons. The predicted octanol–water partition coefficient (Wildman–Crippen LogP) is 6.81. The first-order chi connectivity index (χ1) is 18.2. The van der Waals surface area contributed by atoms with Crippen LogP contribution in [0, 0.1) is 0 Å². The quantitative estimate of drug-likeness (QED) is 0.147. The molecule has 0 bridgehead atoms. The zero-order valence-electron chi connectivity index (χ0n) is 19.9. The number of nitrogens with zero attached hydrogens (tertiary/aromatic N) is 3. The van der Waals surface area contributed by atoms with E-state index in [0.717, 1.165) is 5.39 Å². The molecule has 0 saturated carbocycles. The number of hydrogen-bond donors (Lipinski definition) is 0. The lowest BCUT2D eigenvalue weighted by atomic mass is 10.2. The van der Waals surface area contributed by atoms with Crippen LogP contribution in [-0.2, 0) is 9.53 Å². The number of carbonyl (C=O) groups is 1. The molecule has 38 heavy (non-hydrogen) atoms. The Morgan fingerprint density at radius 1 is 1.13 bits per heavy atom. The summed E-state index contributed by atoms with van der Waals surface area (Å²) in [6.45, 7) is 1.59. The number of para-hydroxylation sites is 1. The fraction of sp³-hybridized carbons (Fsp3) is 0.111. The number of fused-ring (bicyclic) bond motifs is 2. The Morgan fingerprint density at radius 2 is 1.87 bits per heavy atom. The smallest absolute Gasteiger partial charge is 0.346 e. The highest BCUT2D eigenvalue weighted by molar-refractivity contribution is 9.11. The van der Waals surface area contributed by atoms with Crippen molar-refractivity contribution in [1.29, 1.82) is 0 Å².